The van der Waals surface area contributed by atoms with Crippen LogP contribution in [0.4, 0.5) is 0 Å². The molecule has 6 heteroatoms. The number of esters is 1. The van der Waals surface area contributed by atoms with Gasteiger partial charge in [-0.15, -0.1) is 0 Å². The molecule has 0 aliphatic rings. The largest absolute Gasteiger partial charge is 0.469 e. The first-order chi connectivity index (χ1) is 8.99. The number of amides is 1. The summed E-state index contributed by atoms with van der Waals surface area (Å²) in [5.41, 5.74) is 0.524. The van der Waals surface area contributed by atoms with E-state index < -0.39 is 0 Å². The Balaban J connectivity index is 2.80. The lowest BCUT2D eigenvalue weighted by Gasteiger charge is -2.21. The maximum absolute atomic E-state index is 12.3. The van der Waals surface area contributed by atoms with Crippen molar-refractivity contribution in [1.82, 2.24) is 4.90 Å². The first-order valence-corrected chi connectivity index (χ1v) is 6.97. The third-order valence-electron chi connectivity index (χ3n) is 2.64. The van der Waals surface area contributed by atoms with Crippen molar-refractivity contribution in [3.8, 4) is 0 Å². The molecular weight excluding hydrogens is 334 g/mol. The van der Waals surface area contributed by atoms with E-state index in [0.29, 0.717) is 28.1 Å². The van der Waals surface area contributed by atoms with Crippen molar-refractivity contribution in [3.05, 3.63) is 33.3 Å². The maximum atomic E-state index is 12.3. The van der Waals surface area contributed by atoms with Gasteiger partial charge in [0, 0.05) is 22.6 Å². The normalized spacial score (nSPS) is 10.1. The molecule has 0 atom stereocenters. The molecule has 0 spiro atoms. The Morgan fingerprint density at radius 3 is 2.63 bits per heavy atom. The fourth-order valence-corrected chi connectivity index (χ4v) is 2.42. The molecular formula is C13H15BrClNO3. The summed E-state index contributed by atoms with van der Waals surface area (Å²) in [7, 11) is 1.33. The second-order valence-corrected chi connectivity index (χ2v) is 5.13. The minimum Gasteiger partial charge on any atom is -0.469 e. The van der Waals surface area contributed by atoms with Crippen LogP contribution in [0.2, 0.25) is 5.02 Å². The van der Waals surface area contributed by atoms with E-state index in [4.69, 9.17) is 11.6 Å². The highest BCUT2D eigenvalue weighted by molar-refractivity contribution is 9.10. The zero-order valence-corrected chi connectivity index (χ0v) is 13.1. The van der Waals surface area contributed by atoms with Gasteiger partial charge in [0.2, 0.25) is 0 Å². The Kier molecular flexibility index (Phi) is 6.31. The average molecular weight is 349 g/mol. The van der Waals surface area contributed by atoms with Crippen molar-refractivity contribution in [3.63, 3.8) is 0 Å². The van der Waals surface area contributed by atoms with Crippen molar-refractivity contribution >= 4 is 39.4 Å². The zero-order chi connectivity index (χ0) is 14.4. The van der Waals surface area contributed by atoms with Crippen molar-refractivity contribution < 1.29 is 14.3 Å². The Morgan fingerprint density at radius 2 is 2.11 bits per heavy atom. The zero-order valence-electron chi connectivity index (χ0n) is 10.8. The minimum atomic E-state index is -0.332. The third-order valence-corrected chi connectivity index (χ3v) is 3.54. The number of nitrogens with zero attached hydrogens (tertiary/aromatic N) is 1. The molecule has 1 aromatic carbocycles. The van der Waals surface area contributed by atoms with Crippen LogP contribution in [0.15, 0.2) is 22.7 Å². The minimum absolute atomic E-state index is 0.144. The number of carbonyl (C=O) groups excluding carboxylic acids is 2. The van der Waals surface area contributed by atoms with E-state index in [1.807, 2.05) is 6.92 Å². The Labute approximate surface area is 125 Å². The van der Waals surface area contributed by atoms with Crippen LogP contribution in [0.25, 0.3) is 0 Å². The van der Waals surface area contributed by atoms with Gasteiger partial charge in [0.1, 0.15) is 0 Å². The molecule has 1 aromatic rings. The lowest BCUT2D eigenvalue weighted by Crippen LogP contribution is -2.33. The molecule has 0 radical (unpaired) electrons. The Bertz CT molecular complexity index is 479. The second-order valence-electron chi connectivity index (χ2n) is 3.84. The van der Waals surface area contributed by atoms with Crippen LogP contribution in [0.1, 0.15) is 23.7 Å². The summed E-state index contributed by atoms with van der Waals surface area (Å²) in [4.78, 5) is 25.0. The van der Waals surface area contributed by atoms with Gasteiger partial charge in [0.15, 0.2) is 0 Å². The van der Waals surface area contributed by atoms with Crippen LogP contribution in [0.3, 0.4) is 0 Å². The smallest absolute Gasteiger partial charge is 0.307 e. The van der Waals surface area contributed by atoms with Crippen molar-refractivity contribution in [2.45, 2.75) is 13.3 Å². The molecule has 0 bridgehead atoms. The number of hydrogen-bond acceptors (Lipinski definition) is 3. The van der Waals surface area contributed by atoms with Gasteiger partial charge in [0.25, 0.3) is 5.91 Å². The highest BCUT2D eigenvalue weighted by Crippen LogP contribution is 2.22. The van der Waals surface area contributed by atoms with Crippen molar-refractivity contribution in [1.29, 1.82) is 0 Å². The molecule has 1 rings (SSSR count). The van der Waals surface area contributed by atoms with E-state index in [1.54, 1.807) is 23.1 Å². The van der Waals surface area contributed by atoms with Crippen molar-refractivity contribution in [2.24, 2.45) is 0 Å². The molecule has 4 nitrogen and oxygen atoms in total. The van der Waals surface area contributed by atoms with Gasteiger partial charge in [-0.3, -0.25) is 9.59 Å². The van der Waals surface area contributed by atoms with Crippen LogP contribution in [0, 0.1) is 0 Å². The SMILES string of the molecule is CCN(CCC(=O)OC)C(=O)c1ccc(Cl)cc1Br. The predicted molar refractivity (Wildman–Crippen MR) is 77.4 cm³/mol. The number of carbonyl (C=O) groups is 2. The van der Waals surface area contributed by atoms with Crippen LogP contribution in [-0.4, -0.2) is 37.0 Å². The molecule has 0 aromatic heterocycles. The molecule has 19 heavy (non-hydrogen) atoms. The molecule has 0 unspecified atom stereocenters. The number of halogens is 2. The summed E-state index contributed by atoms with van der Waals surface area (Å²) in [6, 6.07) is 4.99. The van der Waals surface area contributed by atoms with E-state index in [1.165, 1.54) is 7.11 Å². The van der Waals surface area contributed by atoms with Crippen molar-refractivity contribution in [2.75, 3.05) is 20.2 Å². The Hall–Kier alpha value is -1.07. The Morgan fingerprint density at radius 1 is 1.42 bits per heavy atom. The number of hydrogen-bond donors (Lipinski definition) is 0. The first-order valence-electron chi connectivity index (χ1n) is 5.80. The molecule has 0 heterocycles. The van der Waals surface area contributed by atoms with Crippen LogP contribution >= 0.6 is 27.5 Å². The monoisotopic (exact) mass is 347 g/mol. The quantitative estimate of drug-likeness (QED) is 0.768. The summed E-state index contributed by atoms with van der Waals surface area (Å²) in [5, 5.41) is 0.557. The number of methoxy groups -OCH3 is 1. The molecule has 0 fully saturated rings. The second kappa shape index (κ2) is 7.50. The van der Waals surface area contributed by atoms with Gasteiger partial charge in [-0.2, -0.15) is 0 Å². The lowest BCUT2D eigenvalue weighted by molar-refractivity contribution is -0.140. The first kappa shape index (κ1) is 16.0. The van der Waals surface area contributed by atoms with E-state index in [2.05, 4.69) is 20.7 Å². The standard InChI is InChI=1S/C13H15BrClNO3/c1-3-16(7-6-12(17)19-2)13(18)10-5-4-9(15)8-11(10)14/h4-5,8H,3,6-7H2,1-2H3. The number of rotatable bonds is 5. The topological polar surface area (TPSA) is 46.6 Å². The highest BCUT2D eigenvalue weighted by Gasteiger charge is 2.18. The van der Waals surface area contributed by atoms with Gasteiger partial charge in [0.05, 0.1) is 19.1 Å². The van der Waals surface area contributed by atoms with E-state index in [-0.39, 0.29) is 18.3 Å². The molecule has 0 N–H and O–H groups in total. The summed E-state index contributed by atoms with van der Waals surface area (Å²) in [5.74, 6) is -0.476. The fourth-order valence-electron chi connectivity index (χ4n) is 1.56. The average Bonchev–Trinajstić information content (AvgIpc) is 2.38. The summed E-state index contributed by atoms with van der Waals surface area (Å²) >= 11 is 9.16. The molecule has 0 aliphatic carbocycles. The summed E-state index contributed by atoms with van der Waals surface area (Å²) in [6.45, 7) is 2.71. The van der Waals surface area contributed by atoms with Crippen LogP contribution in [-0.2, 0) is 9.53 Å². The van der Waals surface area contributed by atoms with Crippen LogP contribution < -0.4 is 0 Å². The van der Waals surface area contributed by atoms with E-state index >= 15 is 0 Å². The van der Waals surface area contributed by atoms with Crippen LogP contribution in [0.5, 0.6) is 0 Å². The van der Waals surface area contributed by atoms with Gasteiger partial charge >= 0.3 is 5.97 Å². The molecule has 104 valence electrons. The summed E-state index contributed by atoms with van der Waals surface area (Å²) < 4.78 is 5.21. The molecule has 0 aliphatic heterocycles. The molecule has 0 saturated heterocycles. The van der Waals surface area contributed by atoms with Gasteiger partial charge in [-0.25, -0.2) is 0 Å². The highest BCUT2D eigenvalue weighted by atomic mass is 79.9. The lowest BCUT2D eigenvalue weighted by atomic mass is 10.2. The van der Waals surface area contributed by atoms with Gasteiger partial charge in [-0.1, -0.05) is 11.6 Å². The number of benzene rings is 1. The fraction of sp³-hybridized carbons (Fsp3) is 0.385. The predicted octanol–water partition coefficient (Wildman–Crippen LogP) is 3.13. The molecule has 1 amide bonds. The third kappa shape index (κ3) is 4.51. The maximum Gasteiger partial charge on any atom is 0.307 e. The van der Waals surface area contributed by atoms with Gasteiger partial charge in [-0.05, 0) is 41.1 Å². The van der Waals surface area contributed by atoms with Gasteiger partial charge < -0.3 is 9.64 Å². The van der Waals surface area contributed by atoms with E-state index in [0.717, 1.165) is 0 Å². The number of ether oxygens (including phenoxy) is 1. The van der Waals surface area contributed by atoms with E-state index in [9.17, 15) is 9.59 Å². The molecule has 0 saturated carbocycles. The summed E-state index contributed by atoms with van der Waals surface area (Å²) in [6.07, 6.45) is 0.182.